The maximum atomic E-state index is 12.1. The normalized spacial score (nSPS) is 17.6. The number of carboxylic acids is 1. The van der Waals surface area contributed by atoms with Crippen molar-refractivity contribution in [3.05, 3.63) is 17.7 Å². The number of fused-ring (bicyclic) bond motifs is 1. The smallest absolute Gasteiger partial charge is 0.326 e. The van der Waals surface area contributed by atoms with Crippen LogP contribution in [-0.2, 0) is 17.8 Å². The van der Waals surface area contributed by atoms with E-state index in [1.165, 1.54) is 11.2 Å². The van der Waals surface area contributed by atoms with Crippen LogP contribution in [0.3, 0.4) is 0 Å². The number of urea groups is 1. The Balaban J connectivity index is 1.82. The molecule has 0 fully saturated rings. The van der Waals surface area contributed by atoms with Crippen molar-refractivity contribution in [1.82, 2.24) is 29.7 Å². The standard InChI is InChI=1S/C9H9N7O3S/c17-7(18)6-1-4-5(11-3-10-4)2-16(6)9(19)12-8-13-14-15-20-8/h3,6H,1-2H2,(H,10,11)(H,17,18)(H,12,13,15,19). The molecule has 0 saturated carbocycles. The van der Waals surface area contributed by atoms with Crippen LogP contribution >= 0.6 is 11.5 Å². The third-order valence-corrected chi connectivity index (χ3v) is 3.47. The third kappa shape index (κ3) is 2.18. The van der Waals surface area contributed by atoms with Gasteiger partial charge >= 0.3 is 12.0 Å². The summed E-state index contributed by atoms with van der Waals surface area (Å²) in [4.78, 5) is 31.6. The molecular formula is C9H9N7O3S. The highest BCUT2D eigenvalue weighted by atomic mass is 32.1. The number of H-pyrrole nitrogens is 1. The van der Waals surface area contributed by atoms with E-state index in [2.05, 4.69) is 30.1 Å². The van der Waals surface area contributed by atoms with Crippen LogP contribution in [0.2, 0.25) is 0 Å². The molecule has 2 aromatic heterocycles. The number of aromatic nitrogens is 5. The molecule has 1 aliphatic heterocycles. The Kier molecular flexibility index (Phi) is 3.02. The SMILES string of the molecule is O=C(O)C1Cc2nc[nH]c2CN1C(=O)Nc1nnns1. The van der Waals surface area contributed by atoms with Gasteiger partial charge in [-0.15, -0.1) is 0 Å². The number of aliphatic carboxylic acids is 1. The summed E-state index contributed by atoms with van der Waals surface area (Å²) in [6.45, 7) is 0.143. The molecule has 2 aromatic rings. The predicted octanol–water partition coefficient (Wildman–Crippen LogP) is -0.300. The van der Waals surface area contributed by atoms with Gasteiger partial charge in [0.2, 0.25) is 5.13 Å². The summed E-state index contributed by atoms with van der Waals surface area (Å²) in [6, 6.07) is -1.53. The first-order valence-corrected chi connectivity index (χ1v) is 6.39. The predicted molar refractivity (Wildman–Crippen MR) is 66.0 cm³/mol. The van der Waals surface area contributed by atoms with E-state index in [9.17, 15) is 14.7 Å². The minimum Gasteiger partial charge on any atom is -0.480 e. The minimum atomic E-state index is -1.08. The van der Waals surface area contributed by atoms with Gasteiger partial charge < -0.3 is 15.0 Å². The van der Waals surface area contributed by atoms with Gasteiger partial charge in [-0.25, -0.2) is 14.6 Å². The van der Waals surface area contributed by atoms with Crippen LogP contribution in [0.4, 0.5) is 9.93 Å². The molecule has 20 heavy (non-hydrogen) atoms. The van der Waals surface area contributed by atoms with Gasteiger partial charge in [-0.3, -0.25) is 5.32 Å². The van der Waals surface area contributed by atoms with Crippen LogP contribution in [0.1, 0.15) is 11.4 Å². The number of nitrogens with zero attached hydrogens (tertiary/aromatic N) is 5. The van der Waals surface area contributed by atoms with Crippen molar-refractivity contribution in [1.29, 1.82) is 0 Å². The lowest BCUT2D eigenvalue weighted by Gasteiger charge is -2.31. The van der Waals surface area contributed by atoms with Gasteiger partial charge in [-0.2, -0.15) is 0 Å². The lowest BCUT2D eigenvalue weighted by atomic mass is 10.0. The lowest BCUT2D eigenvalue weighted by Crippen LogP contribution is -2.50. The van der Waals surface area contributed by atoms with Crippen molar-refractivity contribution in [3.63, 3.8) is 0 Å². The van der Waals surface area contributed by atoms with Gasteiger partial charge in [0.1, 0.15) is 6.04 Å². The van der Waals surface area contributed by atoms with Crippen LogP contribution in [0.5, 0.6) is 0 Å². The summed E-state index contributed by atoms with van der Waals surface area (Å²) < 4.78 is 3.52. The topological polar surface area (TPSA) is 137 Å². The number of carbonyl (C=O) groups excluding carboxylic acids is 1. The van der Waals surface area contributed by atoms with Crippen molar-refractivity contribution in [2.75, 3.05) is 5.32 Å². The van der Waals surface area contributed by atoms with E-state index in [0.717, 1.165) is 17.2 Å². The Bertz CT molecular complexity index is 640. The summed E-state index contributed by atoms with van der Waals surface area (Å²) in [5, 5.41) is 18.9. The highest BCUT2D eigenvalue weighted by Gasteiger charge is 2.36. The van der Waals surface area contributed by atoms with E-state index in [4.69, 9.17) is 0 Å². The first kappa shape index (κ1) is 12.5. The number of imidazole rings is 1. The molecule has 1 unspecified atom stereocenters. The van der Waals surface area contributed by atoms with Gasteiger partial charge in [0.05, 0.1) is 24.3 Å². The summed E-state index contributed by atoms with van der Waals surface area (Å²) in [5.41, 5.74) is 1.40. The molecule has 1 atom stereocenters. The van der Waals surface area contributed by atoms with Gasteiger partial charge in [-0.1, -0.05) is 9.59 Å². The number of nitrogens with one attached hydrogen (secondary N) is 2. The molecule has 11 heteroatoms. The average molecular weight is 295 g/mol. The number of carbonyl (C=O) groups is 2. The molecule has 3 rings (SSSR count). The summed E-state index contributed by atoms with van der Waals surface area (Å²) in [5.74, 6) is -1.08. The number of anilines is 1. The largest absolute Gasteiger partial charge is 0.480 e. The second kappa shape index (κ2) is 4.85. The van der Waals surface area contributed by atoms with Crippen molar-refractivity contribution in [3.8, 4) is 0 Å². The van der Waals surface area contributed by atoms with Crippen LogP contribution < -0.4 is 5.32 Å². The zero-order valence-electron chi connectivity index (χ0n) is 9.98. The molecule has 0 spiro atoms. The fourth-order valence-corrected chi connectivity index (χ4v) is 2.37. The quantitative estimate of drug-likeness (QED) is 0.691. The molecule has 0 saturated heterocycles. The molecule has 3 N–H and O–H groups in total. The highest BCUT2D eigenvalue weighted by molar-refractivity contribution is 7.09. The Hall–Kier alpha value is -2.56. The third-order valence-electron chi connectivity index (χ3n) is 2.96. The number of aromatic amines is 1. The molecule has 0 aromatic carbocycles. The number of hydrogen-bond acceptors (Lipinski definition) is 7. The molecular weight excluding hydrogens is 286 g/mol. The van der Waals surface area contributed by atoms with Crippen LogP contribution in [0.25, 0.3) is 0 Å². The maximum Gasteiger partial charge on any atom is 0.326 e. The van der Waals surface area contributed by atoms with Crippen LogP contribution in [0.15, 0.2) is 6.33 Å². The Morgan fingerprint density at radius 3 is 3.10 bits per heavy atom. The second-order valence-electron chi connectivity index (χ2n) is 4.11. The summed E-state index contributed by atoms with van der Waals surface area (Å²) >= 11 is 0.914. The van der Waals surface area contributed by atoms with E-state index in [1.54, 1.807) is 0 Å². The van der Waals surface area contributed by atoms with Crippen LogP contribution in [-0.4, -0.2) is 52.8 Å². The zero-order valence-corrected chi connectivity index (χ0v) is 10.8. The summed E-state index contributed by atoms with van der Waals surface area (Å²) in [7, 11) is 0. The zero-order chi connectivity index (χ0) is 14.1. The van der Waals surface area contributed by atoms with E-state index < -0.39 is 18.0 Å². The van der Waals surface area contributed by atoms with Gasteiger partial charge in [0.25, 0.3) is 0 Å². The summed E-state index contributed by atoms with van der Waals surface area (Å²) in [6.07, 6.45) is 1.65. The molecule has 3 heterocycles. The Morgan fingerprint density at radius 1 is 1.55 bits per heavy atom. The number of amides is 2. The van der Waals surface area contributed by atoms with E-state index in [0.29, 0.717) is 5.69 Å². The minimum absolute atomic E-state index is 0.143. The number of carboxylic acid groups (broad SMARTS) is 1. The molecule has 0 radical (unpaired) electrons. The molecule has 10 nitrogen and oxygen atoms in total. The Morgan fingerprint density at radius 2 is 2.40 bits per heavy atom. The van der Waals surface area contributed by atoms with E-state index in [-0.39, 0.29) is 18.1 Å². The fourth-order valence-electron chi connectivity index (χ4n) is 2.02. The maximum absolute atomic E-state index is 12.1. The highest BCUT2D eigenvalue weighted by Crippen LogP contribution is 2.22. The monoisotopic (exact) mass is 295 g/mol. The fraction of sp³-hybridized carbons (Fsp3) is 0.333. The van der Waals surface area contributed by atoms with E-state index >= 15 is 0 Å². The van der Waals surface area contributed by atoms with Gasteiger partial charge in [-0.05, 0) is 5.21 Å². The first-order valence-electron chi connectivity index (χ1n) is 5.61. The van der Waals surface area contributed by atoms with Crippen molar-refractivity contribution in [2.24, 2.45) is 0 Å². The van der Waals surface area contributed by atoms with Gasteiger partial charge in [0, 0.05) is 18.0 Å². The number of rotatable bonds is 2. The molecule has 1 aliphatic rings. The van der Waals surface area contributed by atoms with Crippen molar-refractivity contribution < 1.29 is 14.7 Å². The molecule has 104 valence electrons. The molecule has 0 bridgehead atoms. The number of hydrogen-bond donors (Lipinski definition) is 3. The van der Waals surface area contributed by atoms with Gasteiger partial charge in [0.15, 0.2) is 0 Å². The molecule has 0 aliphatic carbocycles. The lowest BCUT2D eigenvalue weighted by molar-refractivity contribution is -0.142. The first-order chi connectivity index (χ1) is 9.65. The van der Waals surface area contributed by atoms with Crippen molar-refractivity contribution >= 4 is 28.7 Å². The second-order valence-corrected chi connectivity index (χ2v) is 4.84. The van der Waals surface area contributed by atoms with Crippen LogP contribution in [0, 0.1) is 0 Å². The molecule has 2 amide bonds. The van der Waals surface area contributed by atoms with Crippen molar-refractivity contribution in [2.45, 2.75) is 19.0 Å². The average Bonchev–Trinajstić information content (AvgIpc) is 3.06. The van der Waals surface area contributed by atoms with E-state index in [1.807, 2.05) is 0 Å². The Labute approximate surface area is 116 Å².